The van der Waals surface area contributed by atoms with Gasteiger partial charge in [-0.25, -0.2) is 9.89 Å². The second kappa shape index (κ2) is 7.49. The molecule has 1 atom stereocenters. The molecule has 2 N–H and O–H groups in total. The first-order valence-corrected chi connectivity index (χ1v) is 7.58. The van der Waals surface area contributed by atoms with Crippen molar-refractivity contribution in [3.63, 3.8) is 0 Å². The van der Waals surface area contributed by atoms with Crippen molar-refractivity contribution >= 4 is 17.7 Å². The number of H-pyrrole nitrogens is 1. The monoisotopic (exact) mass is 302 g/mol. The fourth-order valence-electron chi connectivity index (χ4n) is 1.71. The van der Waals surface area contributed by atoms with E-state index in [1.807, 2.05) is 13.8 Å². The molecular weight excluding hydrogens is 280 g/mol. The molecule has 0 amide bonds. The van der Waals surface area contributed by atoms with Crippen LogP contribution >= 0.6 is 11.8 Å². The molecule has 20 heavy (non-hydrogen) atoms. The normalized spacial score (nSPS) is 14.0. The number of ether oxygens (including phenoxy) is 1. The Labute approximate surface area is 122 Å². The van der Waals surface area contributed by atoms with Gasteiger partial charge in [-0.2, -0.15) is 0 Å². The summed E-state index contributed by atoms with van der Waals surface area (Å²) in [5.74, 6) is 0.114. The molecule has 7 nitrogen and oxygen atoms in total. The predicted octanol–water partition coefficient (Wildman–Crippen LogP) is 0.615. The third-order valence-corrected chi connectivity index (χ3v) is 4.22. The minimum atomic E-state index is -0.803. The molecule has 0 spiro atoms. The average Bonchev–Trinajstić information content (AvgIpc) is 2.82. The topological polar surface area (TPSA) is 89.0 Å². The molecule has 0 fully saturated rings. The van der Waals surface area contributed by atoms with Crippen LogP contribution in [-0.4, -0.2) is 45.7 Å². The maximum atomic E-state index is 11.9. The number of carbonyl (C=O) groups excluding carboxylic acids is 1. The summed E-state index contributed by atoms with van der Waals surface area (Å²) in [7, 11) is 1.37. The molecular formula is C12H22N4O3S. The van der Waals surface area contributed by atoms with Crippen LogP contribution in [0.25, 0.3) is 0 Å². The highest BCUT2D eigenvalue weighted by molar-refractivity contribution is 7.99. The Hall–Kier alpha value is -1.28. The zero-order valence-corrected chi connectivity index (χ0v) is 13.2. The quantitative estimate of drug-likeness (QED) is 0.540. The summed E-state index contributed by atoms with van der Waals surface area (Å²) in [5, 5.41) is 10.1. The Morgan fingerprint density at radius 1 is 1.55 bits per heavy atom. The van der Waals surface area contributed by atoms with E-state index in [2.05, 4.69) is 15.5 Å². The molecule has 0 aliphatic carbocycles. The average molecular weight is 302 g/mol. The van der Waals surface area contributed by atoms with Crippen molar-refractivity contribution in [2.45, 2.75) is 44.4 Å². The number of esters is 1. The summed E-state index contributed by atoms with van der Waals surface area (Å²) in [4.78, 5) is 23.4. The zero-order chi connectivity index (χ0) is 15.2. The van der Waals surface area contributed by atoms with Gasteiger partial charge < -0.3 is 10.1 Å². The van der Waals surface area contributed by atoms with E-state index in [1.165, 1.54) is 23.4 Å². The zero-order valence-electron chi connectivity index (χ0n) is 12.4. The van der Waals surface area contributed by atoms with Crippen LogP contribution in [-0.2, 0) is 16.1 Å². The van der Waals surface area contributed by atoms with Crippen molar-refractivity contribution in [3.8, 4) is 0 Å². The molecule has 8 heteroatoms. The maximum absolute atomic E-state index is 11.9. The van der Waals surface area contributed by atoms with Crippen molar-refractivity contribution in [1.82, 2.24) is 20.1 Å². The number of carbonyl (C=O) groups is 1. The molecule has 0 aromatic carbocycles. The number of aromatic amines is 1. The van der Waals surface area contributed by atoms with Crippen LogP contribution in [0.4, 0.5) is 0 Å². The van der Waals surface area contributed by atoms with Crippen LogP contribution in [0.5, 0.6) is 0 Å². The Bertz CT molecular complexity index is 499. The summed E-state index contributed by atoms with van der Waals surface area (Å²) < 4.78 is 6.38. The fraction of sp³-hybridized carbons (Fsp3) is 0.750. The molecule has 1 heterocycles. The number of methoxy groups -OCH3 is 1. The van der Waals surface area contributed by atoms with Gasteiger partial charge in [-0.3, -0.25) is 9.36 Å². The number of nitrogens with one attached hydrogen (secondary N) is 2. The highest BCUT2D eigenvalue weighted by Crippen LogP contribution is 2.21. The molecule has 1 unspecified atom stereocenters. The Balaban J connectivity index is 2.80. The number of hydrogen-bond acceptors (Lipinski definition) is 6. The third kappa shape index (κ3) is 3.86. The lowest BCUT2D eigenvalue weighted by molar-refractivity contribution is -0.146. The van der Waals surface area contributed by atoms with Crippen molar-refractivity contribution in [2.24, 2.45) is 0 Å². The summed E-state index contributed by atoms with van der Waals surface area (Å²) in [6.07, 6.45) is 0.916. The van der Waals surface area contributed by atoms with Gasteiger partial charge in [0.25, 0.3) is 0 Å². The molecule has 0 aliphatic rings. The van der Waals surface area contributed by atoms with Crippen LogP contribution in [0.3, 0.4) is 0 Å². The third-order valence-electron chi connectivity index (χ3n) is 2.93. The van der Waals surface area contributed by atoms with Crippen molar-refractivity contribution in [3.05, 3.63) is 10.5 Å². The van der Waals surface area contributed by atoms with Gasteiger partial charge in [0.05, 0.1) is 7.11 Å². The standard InChI is InChI=1S/C12H22N4O3S/c1-5-7-13-12(3,9(17)19-4)8-20-11-15-14-10(18)16(11)6-2/h13H,5-8H2,1-4H3,(H,14,18). The molecule has 0 radical (unpaired) electrons. The summed E-state index contributed by atoms with van der Waals surface area (Å²) in [6, 6.07) is 0. The van der Waals surface area contributed by atoms with Gasteiger partial charge in [0, 0.05) is 12.3 Å². The summed E-state index contributed by atoms with van der Waals surface area (Å²) in [5.41, 5.74) is -1.04. The predicted molar refractivity (Wildman–Crippen MR) is 78.0 cm³/mol. The van der Waals surface area contributed by atoms with E-state index >= 15 is 0 Å². The van der Waals surface area contributed by atoms with E-state index < -0.39 is 5.54 Å². The first kappa shape index (κ1) is 16.8. The largest absolute Gasteiger partial charge is 0.468 e. The minimum absolute atomic E-state index is 0.240. The molecule has 0 saturated heterocycles. The SMILES string of the molecule is CCCNC(C)(CSc1n[nH]c(=O)n1CC)C(=O)OC. The second-order valence-electron chi connectivity index (χ2n) is 4.59. The fourth-order valence-corrected chi connectivity index (χ4v) is 2.83. The lowest BCUT2D eigenvalue weighted by Gasteiger charge is -2.27. The molecule has 0 aliphatic heterocycles. The molecule has 1 aromatic rings. The van der Waals surface area contributed by atoms with E-state index in [0.29, 0.717) is 24.0 Å². The smallest absolute Gasteiger partial charge is 0.343 e. The highest BCUT2D eigenvalue weighted by atomic mass is 32.2. The van der Waals surface area contributed by atoms with Crippen molar-refractivity contribution in [2.75, 3.05) is 19.4 Å². The van der Waals surface area contributed by atoms with Gasteiger partial charge in [-0.15, -0.1) is 5.10 Å². The van der Waals surface area contributed by atoms with Crippen LogP contribution in [0, 0.1) is 0 Å². The molecule has 1 rings (SSSR count). The molecule has 114 valence electrons. The Kier molecular flexibility index (Phi) is 6.28. The van der Waals surface area contributed by atoms with E-state index in [9.17, 15) is 9.59 Å². The van der Waals surface area contributed by atoms with Gasteiger partial charge >= 0.3 is 11.7 Å². The highest BCUT2D eigenvalue weighted by Gasteiger charge is 2.34. The number of hydrogen-bond donors (Lipinski definition) is 2. The minimum Gasteiger partial charge on any atom is -0.468 e. The summed E-state index contributed by atoms with van der Waals surface area (Å²) >= 11 is 1.35. The Morgan fingerprint density at radius 3 is 2.80 bits per heavy atom. The first-order valence-electron chi connectivity index (χ1n) is 6.60. The molecule has 1 aromatic heterocycles. The van der Waals surface area contributed by atoms with Gasteiger partial charge in [0.1, 0.15) is 5.54 Å². The van der Waals surface area contributed by atoms with Crippen molar-refractivity contribution in [1.29, 1.82) is 0 Å². The van der Waals surface area contributed by atoms with E-state index in [4.69, 9.17) is 4.74 Å². The van der Waals surface area contributed by atoms with E-state index in [0.717, 1.165) is 6.42 Å². The maximum Gasteiger partial charge on any atom is 0.343 e. The number of aromatic nitrogens is 3. The number of thioether (sulfide) groups is 1. The van der Waals surface area contributed by atoms with Crippen molar-refractivity contribution < 1.29 is 9.53 Å². The molecule has 0 saturated carbocycles. The van der Waals surface area contributed by atoms with Gasteiger partial charge in [-0.1, -0.05) is 18.7 Å². The molecule has 0 bridgehead atoms. The van der Waals surface area contributed by atoms with E-state index in [1.54, 1.807) is 6.92 Å². The van der Waals surface area contributed by atoms with Gasteiger partial charge in [-0.05, 0) is 26.8 Å². The second-order valence-corrected chi connectivity index (χ2v) is 5.54. The van der Waals surface area contributed by atoms with Crippen LogP contribution in [0.2, 0.25) is 0 Å². The van der Waals surface area contributed by atoms with E-state index in [-0.39, 0.29) is 11.7 Å². The lowest BCUT2D eigenvalue weighted by atomic mass is 10.1. The number of rotatable bonds is 8. The van der Waals surface area contributed by atoms with Crippen LogP contribution in [0.15, 0.2) is 9.95 Å². The summed E-state index contributed by atoms with van der Waals surface area (Å²) in [6.45, 7) is 6.95. The van der Waals surface area contributed by atoms with Crippen LogP contribution < -0.4 is 11.0 Å². The number of nitrogens with zero attached hydrogens (tertiary/aromatic N) is 2. The lowest BCUT2D eigenvalue weighted by Crippen LogP contribution is -2.52. The Morgan fingerprint density at radius 2 is 2.25 bits per heavy atom. The first-order chi connectivity index (χ1) is 9.48. The van der Waals surface area contributed by atoms with Gasteiger partial charge in [0.15, 0.2) is 5.16 Å². The van der Waals surface area contributed by atoms with Crippen LogP contribution in [0.1, 0.15) is 27.2 Å². The van der Waals surface area contributed by atoms with Gasteiger partial charge in [0.2, 0.25) is 0 Å².